The summed E-state index contributed by atoms with van der Waals surface area (Å²) in [6.07, 6.45) is 2.05. The van der Waals surface area contributed by atoms with Crippen LogP contribution in [-0.2, 0) is 0 Å². The Kier molecular flexibility index (Phi) is 2.97. The smallest absolute Gasteiger partial charge is 0.161 e. The van der Waals surface area contributed by atoms with E-state index in [-0.39, 0.29) is 0 Å². The van der Waals surface area contributed by atoms with Crippen LogP contribution in [0.2, 0.25) is 0 Å². The Bertz CT molecular complexity index is 436. The molecule has 0 aliphatic carbocycles. The lowest BCUT2D eigenvalue weighted by atomic mass is 10.1. The average molecular weight is 219 g/mol. The van der Waals surface area contributed by atoms with Gasteiger partial charge in [0.1, 0.15) is 0 Å². The molecule has 4 heteroatoms. The number of aromatic nitrogens is 2. The van der Waals surface area contributed by atoms with Crippen molar-refractivity contribution in [1.82, 2.24) is 10.2 Å². The molecule has 3 nitrogen and oxygen atoms in total. The minimum Gasteiger partial charge on any atom is -0.371 e. The molecular formula is C11H13N3S. The van der Waals surface area contributed by atoms with E-state index < -0.39 is 0 Å². The van der Waals surface area contributed by atoms with Crippen LogP contribution in [0.1, 0.15) is 0 Å². The predicted molar refractivity (Wildman–Crippen MR) is 65.4 cm³/mol. The fourth-order valence-electron chi connectivity index (χ4n) is 1.50. The van der Waals surface area contributed by atoms with E-state index in [9.17, 15) is 0 Å². The molecule has 2 rings (SSSR count). The van der Waals surface area contributed by atoms with Gasteiger partial charge in [0, 0.05) is 12.6 Å². The minimum atomic E-state index is 0.904. The molecule has 0 fully saturated rings. The van der Waals surface area contributed by atoms with E-state index in [1.165, 1.54) is 0 Å². The molecule has 0 spiro atoms. The lowest BCUT2D eigenvalue weighted by molar-refractivity contribution is 1.09. The molecule has 1 heterocycles. The van der Waals surface area contributed by atoms with E-state index in [1.807, 2.05) is 25.2 Å². The summed E-state index contributed by atoms with van der Waals surface area (Å²) in [5, 5.41) is 10.4. The molecule has 0 radical (unpaired) electrons. The van der Waals surface area contributed by atoms with E-state index in [4.69, 9.17) is 0 Å². The van der Waals surface area contributed by atoms with Crippen molar-refractivity contribution in [1.29, 1.82) is 0 Å². The van der Waals surface area contributed by atoms with Crippen molar-refractivity contribution in [3.05, 3.63) is 30.3 Å². The van der Waals surface area contributed by atoms with Crippen LogP contribution in [0.4, 0.5) is 5.82 Å². The van der Waals surface area contributed by atoms with Gasteiger partial charge in [-0.1, -0.05) is 30.3 Å². The molecule has 1 aromatic heterocycles. The predicted octanol–water partition coefficient (Wildman–Crippen LogP) is 2.84. The van der Waals surface area contributed by atoms with Crippen LogP contribution in [0.25, 0.3) is 11.3 Å². The second kappa shape index (κ2) is 4.40. The van der Waals surface area contributed by atoms with Crippen LogP contribution in [0.15, 0.2) is 35.2 Å². The third-order valence-corrected chi connectivity index (χ3v) is 3.03. The lowest BCUT2D eigenvalue weighted by Crippen LogP contribution is -1.88. The fourth-order valence-corrected chi connectivity index (χ4v) is 2.21. The minimum absolute atomic E-state index is 0.904. The summed E-state index contributed by atoms with van der Waals surface area (Å²) in [6, 6.07) is 10.2. The molecule has 78 valence electrons. The van der Waals surface area contributed by atoms with Gasteiger partial charge in [-0.25, -0.2) is 0 Å². The van der Waals surface area contributed by atoms with Crippen molar-refractivity contribution >= 4 is 17.6 Å². The molecule has 0 saturated heterocycles. The van der Waals surface area contributed by atoms with Crippen LogP contribution in [0.3, 0.4) is 0 Å². The van der Waals surface area contributed by atoms with Gasteiger partial charge in [-0.05, 0) is 6.26 Å². The highest BCUT2D eigenvalue weighted by Crippen LogP contribution is 2.33. The van der Waals surface area contributed by atoms with Crippen LogP contribution in [0.5, 0.6) is 0 Å². The summed E-state index contributed by atoms with van der Waals surface area (Å²) >= 11 is 1.69. The van der Waals surface area contributed by atoms with E-state index >= 15 is 0 Å². The normalized spacial score (nSPS) is 10.3. The molecule has 0 amide bonds. The van der Waals surface area contributed by atoms with Crippen LogP contribution in [-0.4, -0.2) is 23.5 Å². The number of benzene rings is 1. The maximum Gasteiger partial charge on any atom is 0.161 e. The van der Waals surface area contributed by atoms with Crippen LogP contribution in [0, 0.1) is 0 Å². The summed E-state index contributed by atoms with van der Waals surface area (Å²) in [6.45, 7) is 0. The van der Waals surface area contributed by atoms with Crippen LogP contribution >= 0.6 is 11.8 Å². The molecule has 1 aromatic carbocycles. The second-order valence-electron chi connectivity index (χ2n) is 3.10. The number of nitrogens with one attached hydrogen (secondary N) is 2. The van der Waals surface area contributed by atoms with Gasteiger partial charge < -0.3 is 5.32 Å². The number of rotatable bonds is 3. The SMILES string of the molecule is CNc1n[nH]c(-c2ccccc2)c1SC. The summed E-state index contributed by atoms with van der Waals surface area (Å²) in [5.74, 6) is 0.904. The zero-order valence-corrected chi connectivity index (χ0v) is 9.56. The van der Waals surface area contributed by atoms with Crippen molar-refractivity contribution in [3.8, 4) is 11.3 Å². The molecule has 0 aliphatic rings. The van der Waals surface area contributed by atoms with E-state index in [0.717, 1.165) is 22.0 Å². The zero-order valence-electron chi connectivity index (χ0n) is 8.74. The first-order valence-corrected chi connectivity index (χ1v) is 5.95. The molecular weight excluding hydrogens is 206 g/mol. The third kappa shape index (κ3) is 1.85. The Labute approximate surface area is 93.3 Å². The van der Waals surface area contributed by atoms with Crippen molar-refractivity contribution in [3.63, 3.8) is 0 Å². The number of H-pyrrole nitrogens is 1. The van der Waals surface area contributed by atoms with Gasteiger partial charge in [0.15, 0.2) is 5.82 Å². The van der Waals surface area contributed by atoms with E-state index in [1.54, 1.807) is 11.8 Å². The highest BCUT2D eigenvalue weighted by atomic mass is 32.2. The molecule has 15 heavy (non-hydrogen) atoms. The Morgan fingerprint density at radius 2 is 2.00 bits per heavy atom. The molecule has 0 unspecified atom stereocenters. The average Bonchev–Trinajstić information content (AvgIpc) is 2.72. The van der Waals surface area contributed by atoms with Gasteiger partial charge in [-0.3, -0.25) is 5.10 Å². The van der Waals surface area contributed by atoms with Crippen molar-refractivity contribution in [2.75, 3.05) is 18.6 Å². The molecule has 0 aliphatic heterocycles. The number of hydrogen-bond donors (Lipinski definition) is 2. The van der Waals surface area contributed by atoms with E-state index in [0.29, 0.717) is 0 Å². The topological polar surface area (TPSA) is 40.7 Å². The molecule has 2 aromatic rings. The Morgan fingerprint density at radius 3 is 2.60 bits per heavy atom. The van der Waals surface area contributed by atoms with Crippen molar-refractivity contribution in [2.24, 2.45) is 0 Å². The number of nitrogens with zero attached hydrogens (tertiary/aromatic N) is 1. The van der Waals surface area contributed by atoms with Gasteiger partial charge in [-0.2, -0.15) is 5.10 Å². The number of thioether (sulfide) groups is 1. The first-order valence-electron chi connectivity index (χ1n) is 4.72. The standard InChI is InChI=1S/C11H13N3S/c1-12-11-10(15-2)9(13-14-11)8-6-4-3-5-7-8/h3-7H,1-2H3,(H2,12,13,14). The molecule has 0 saturated carbocycles. The zero-order chi connectivity index (χ0) is 10.7. The Balaban J connectivity index is 2.49. The number of aromatic amines is 1. The molecule has 2 N–H and O–H groups in total. The lowest BCUT2D eigenvalue weighted by Gasteiger charge is -2.01. The molecule has 0 bridgehead atoms. The Morgan fingerprint density at radius 1 is 1.27 bits per heavy atom. The van der Waals surface area contributed by atoms with Gasteiger partial charge in [0.05, 0.1) is 10.6 Å². The first-order chi connectivity index (χ1) is 7.36. The van der Waals surface area contributed by atoms with Crippen LogP contribution < -0.4 is 5.32 Å². The third-order valence-electron chi connectivity index (χ3n) is 2.23. The van der Waals surface area contributed by atoms with Gasteiger partial charge in [0.2, 0.25) is 0 Å². The largest absolute Gasteiger partial charge is 0.371 e. The molecule has 0 atom stereocenters. The number of anilines is 1. The summed E-state index contributed by atoms with van der Waals surface area (Å²) in [7, 11) is 1.88. The van der Waals surface area contributed by atoms with Gasteiger partial charge in [-0.15, -0.1) is 11.8 Å². The maximum atomic E-state index is 4.22. The van der Waals surface area contributed by atoms with Gasteiger partial charge >= 0.3 is 0 Å². The maximum absolute atomic E-state index is 4.22. The fraction of sp³-hybridized carbons (Fsp3) is 0.182. The summed E-state index contributed by atoms with van der Waals surface area (Å²) in [5.41, 5.74) is 2.24. The highest BCUT2D eigenvalue weighted by molar-refractivity contribution is 7.98. The number of hydrogen-bond acceptors (Lipinski definition) is 3. The van der Waals surface area contributed by atoms with Gasteiger partial charge in [0.25, 0.3) is 0 Å². The summed E-state index contributed by atoms with van der Waals surface area (Å²) in [4.78, 5) is 1.16. The Hall–Kier alpha value is -1.42. The van der Waals surface area contributed by atoms with Crippen molar-refractivity contribution < 1.29 is 0 Å². The summed E-state index contributed by atoms with van der Waals surface area (Å²) < 4.78 is 0. The monoisotopic (exact) mass is 219 g/mol. The first kappa shape index (κ1) is 10.1. The second-order valence-corrected chi connectivity index (χ2v) is 3.91. The van der Waals surface area contributed by atoms with Crippen molar-refractivity contribution in [2.45, 2.75) is 4.90 Å². The van der Waals surface area contributed by atoms with E-state index in [2.05, 4.69) is 33.9 Å². The quantitative estimate of drug-likeness (QED) is 0.780. The highest BCUT2D eigenvalue weighted by Gasteiger charge is 2.11.